The standard InChI is InChI=1S/C20H24N2O3/c1-15-8-9-18(12-16(15)2)25-14-20(24)22-11-10-21-19(23)13-17-6-4-3-5-7-17/h3-9,12H,10-11,13-14H2,1-2H3,(H,21,23)(H,22,24). The number of benzene rings is 2. The molecule has 2 amide bonds. The molecule has 0 aliphatic carbocycles. The fourth-order valence-electron chi connectivity index (χ4n) is 2.25. The minimum absolute atomic E-state index is 0.0412. The van der Waals surface area contributed by atoms with E-state index in [1.165, 1.54) is 5.56 Å². The first-order valence-corrected chi connectivity index (χ1v) is 8.32. The summed E-state index contributed by atoms with van der Waals surface area (Å²) in [7, 11) is 0. The number of hydrogen-bond acceptors (Lipinski definition) is 3. The fraction of sp³-hybridized carbons (Fsp3) is 0.300. The molecule has 2 N–H and O–H groups in total. The molecule has 5 nitrogen and oxygen atoms in total. The maximum Gasteiger partial charge on any atom is 0.258 e. The normalized spacial score (nSPS) is 10.2. The number of amides is 2. The highest BCUT2D eigenvalue weighted by Gasteiger charge is 2.05. The summed E-state index contributed by atoms with van der Waals surface area (Å²) in [4.78, 5) is 23.5. The topological polar surface area (TPSA) is 67.4 Å². The molecule has 2 rings (SSSR count). The van der Waals surface area contributed by atoms with Crippen LogP contribution in [-0.2, 0) is 16.0 Å². The van der Waals surface area contributed by atoms with Gasteiger partial charge in [-0.1, -0.05) is 36.4 Å². The van der Waals surface area contributed by atoms with Gasteiger partial charge in [0, 0.05) is 13.1 Å². The number of hydrogen-bond donors (Lipinski definition) is 2. The third-order valence-corrected chi connectivity index (χ3v) is 3.83. The van der Waals surface area contributed by atoms with Crippen molar-refractivity contribution in [2.24, 2.45) is 0 Å². The predicted octanol–water partition coefficient (Wildman–Crippen LogP) is 2.16. The van der Waals surface area contributed by atoms with Gasteiger partial charge in [0.15, 0.2) is 6.61 Å². The van der Waals surface area contributed by atoms with Gasteiger partial charge >= 0.3 is 0 Å². The van der Waals surface area contributed by atoms with E-state index >= 15 is 0 Å². The van der Waals surface area contributed by atoms with Crippen molar-refractivity contribution in [2.75, 3.05) is 19.7 Å². The summed E-state index contributed by atoms with van der Waals surface area (Å²) in [6, 6.07) is 15.3. The number of carbonyl (C=O) groups is 2. The van der Waals surface area contributed by atoms with Crippen molar-refractivity contribution in [3.05, 3.63) is 65.2 Å². The monoisotopic (exact) mass is 340 g/mol. The van der Waals surface area contributed by atoms with Crippen LogP contribution in [0.3, 0.4) is 0 Å². The Bertz CT molecular complexity index is 714. The van der Waals surface area contributed by atoms with Crippen LogP contribution in [0, 0.1) is 13.8 Å². The summed E-state index contributed by atoms with van der Waals surface area (Å²) in [5.41, 5.74) is 3.27. The number of aryl methyl sites for hydroxylation is 2. The molecule has 132 valence electrons. The minimum Gasteiger partial charge on any atom is -0.484 e. The molecule has 0 saturated heterocycles. The van der Waals surface area contributed by atoms with Gasteiger partial charge in [0.1, 0.15) is 5.75 Å². The second kappa shape index (κ2) is 9.47. The molecule has 0 bridgehead atoms. The molecule has 0 aliphatic heterocycles. The van der Waals surface area contributed by atoms with Crippen LogP contribution in [0.5, 0.6) is 5.75 Å². The van der Waals surface area contributed by atoms with E-state index in [9.17, 15) is 9.59 Å². The number of carbonyl (C=O) groups excluding carboxylic acids is 2. The molecule has 0 spiro atoms. The van der Waals surface area contributed by atoms with E-state index in [1.807, 2.05) is 62.4 Å². The summed E-state index contributed by atoms with van der Waals surface area (Å²) in [5.74, 6) is 0.400. The van der Waals surface area contributed by atoms with E-state index in [-0.39, 0.29) is 18.4 Å². The first-order chi connectivity index (χ1) is 12.0. The molecule has 0 unspecified atom stereocenters. The van der Waals surface area contributed by atoms with Crippen LogP contribution < -0.4 is 15.4 Å². The van der Waals surface area contributed by atoms with Crippen molar-refractivity contribution in [1.29, 1.82) is 0 Å². The van der Waals surface area contributed by atoms with E-state index in [1.54, 1.807) is 0 Å². The van der Waals surface area contributed by atoms with Crippen LogP contribution >= 0.6 is 0 Å². The van der Waals surface area contributed by atoms with Crippen LogP contribution in [0.25, 0.3) is 0 Å². The molecule has 0 aromatic heterocycles. The molecule has 0 fully saturated rings. The predicted molar refractivity (Wildman–Crippen MR) is 97.6 cm³/mol. The Kier molecular flexibility index (Phi) is 7.01. The van der Waals surface area contributed by atoms with Crippen molar-refractivity contribution in [3.8, 4) is 5.75 Å². The van der Waals surface area contributed by atoms with Crippen LogP contribution in [-0.4, -0.2) is 31.5 Å². The average molecular weight is 340 g/mol. The lowest BCUT2D eigenvalue weighted by atomic mass is 10.1. The minimum atomic E-state index is -0.212. The zero-order valence-corrected chi connectivity index (χ0v) is 14.7. The van der Waals surface area contributed by atoms with Crippen molar-refractivity contribution in [3.63, 3.8) is 0 Å². The molecule has 5 heteroatoms. The average Bonchev–Trinajstić information content (AvgIpc) is 2.60. The summed E-state index contributed by atoms with van der Waals surface area (Å²) in [6.45, 7) is 4.75. The summed E-state index contributed by atoms with van der Waals surface area (Å²) < 4.78 is 5.46. The second-order valence-corrected chi connectivity index (χ2v) is 5.90. The second-order valence-electron chi connectivity index (χ2n) is 5.90. The Morgan fingerprint density at radius 1 is 0.880 bits per heavy atom. The highest BCUT2D eigenvalue weighted by atomic mass is 16.5. The Balaban J connectivity index is 1.60. The molecule has 2 aromatic rings. The lowest BCUT2D eigenvalue weighted by molar-refractivity contribution is -0.124. The van der Waals surface area contributed by atoms with Crippen molar-refractivity contribution >= 4 is 11.8 Å². The molecule has 25 heavy (non-hydrogen) atoms. The van der Waals surface area contributed by atoms with Gasteiger partial charge in [0.2, 0.25) is 5.91 Å². The smallest absolute Gasteiger partial charge is 0.258 e. The molecule has 0 aliphatic rings. The first-order valence-electron chi connectivity index (χ1n) is 8.32. The van der Waals surface area contributed by atoms with E-state index in [0.29, 0.717) is 25.3 Å². The highest BCUT2D eigenvalue weighted by molar-refractivity contribution is 5.79. The number of rotatable bonds is 8. The Hall–Kier alpha value is -2.82. The third-order valence-electron chi connectivity index (χ3n) is 3.83. The van der Waals surface area contributed by atoms with Gasteiger partial charge in [-0.25, -0.2) is 0 Å². The highest BCUT2D eigenvalue weighted by Crippen LogP contribution is 2.16. The molecule has 0 radical (unpaired) electrons. The lowest BCUT2D eigenvalue weighted by Crippen LogP contribution is -2.37. The van der Waals surface area contributed by atoms with Gasteiger partial charge in [0.25, 0.3) is 5.91 Å². The zero-order chi connectivity index (χ0) is 18.1. The van der Waals surface area contributed by atoms with Gasteiger partial charge in [-0.15, -0.1) is 0 Å². The van der Waals surface area contributed by atoms with Gasteiger partial charge in [-0.05, 0) is 42.7 Å². The maximum absolute atomic E-state index is 11.8. The van der Waals surface area contributed by atoms with Gasteiger partial charge in [-0.3, -0.25) is 9.59 Å². The lowest BCUT2D eigenvalue weighted by Gasteiger charge is -2.09. The molecular formula is C20H24N2O3. The molecular weight excluding hydrogens is 316 g/mol. The molecule has 2 aromatic carbocycles. The zero-order valence-electron chi connectivity index (χ0n) is 14.7. The van der Waals surface area contributed by atoms with Crippen LogP contribution in [0.2, 0.25) is 0 Å². The number of nitrogens with one attached hydrogen (secondary N) is 2. The van der Waals surface area contributed by atoms with Crippen LogP contribution in [0.15, 0.2) is 48.5 Å². The van der Waals surface area contributed by atoms with Crippen molar-refractivity contribution in [2.45, 2.75) is 20.3 Å². The van der Waals surface area contributed by atoms with Crippen LogP contribution in [0.4, 0.5) is 0 Å². The summed E-state index contributed by atoms with van der Waals surface area (Å²) >= 11 is 0. The van der Waals surface area contributed by atoms with Gasteiger partial charge in [0.05, 0.1) is 6.42 Å². The Morgan fingerprint density at radius 3 is 2.24 bits per heavy atom. The van der Waals surface area contributed by atoms with Crippen molar-refractivity contribution in [1.82, 2.24) is 10.6 Å². The van der Waals surface area contributed by atoms with Gasteiger partial charge in [-0.2, -0.15) is 0 Å². The van der Waals surface area contributed by atoms with Crippen LogP contribution in [0.1, 0.15) is 16.7 Å². The van der Waals surface area contributed by atoms with E-state index in [2.05, 4.69) is 10.6 Å². The quantitative estimate of drug-likeness (QED) is 0.724. The largest absolute Gasteiger partial charge is 0.484 e. The van der Waals surface area contributed by atoms with Gasteiger partial charge < -0.3 is 15.4 Å². The molecule has 0 atom stereocenters. The van der Waals surface area contributed by atoms with Crippen molar-refractivity contribution < 1.29 is 14.3 Å². The summed E-state index contributed by atoms with van der Waals surface area (Å²) in [5, 5.41) is 5.50. The maximum atomic E-state index is 11.8. The molecule has 0 heterocycles. The Labute approximate surface area is 148 Å². The Morgan fingerprint density at radius 2 is 1.56 bits per heavy atom. The first kappa shape index (κ1) is 18.5. The van der Waals surface area contributed by atoms with E-state index in [4.69, 9.17) is 4.74 Å². The number of ether oxygens (including phenoxy) is 1. The molecule has 0 saturated carbocycles. The SMILES string of the molecule is Cc1ccc(OCC(=O)NCCNC(=O)Cc2ccccc2)cc1C. The van der Waals surface area contributed by atoms with E-state index < -0.39 is 0 Å². The fourth-order valence-corrected chi connectivity index (χ4v) is 2.25. The van der Waals surface area contributed by atoms with E-state index in [0.717, 1.165) is 11.1 Å². The third kappa shape index (κ3) is 6.67. The summed E-state index contributed by atoms with van der Waals surface area (Å²) in [6.07, 6.45) is 0.338.